The Morgan fingerprint density at radius 3 is 1.82 bits per heavy atom. The summed E-state index contributed by atoms with van der Waals surface area (Å²) in [5.74, 6) is 0. The van der Waals surface area contributed by atoms with Crippen molar-refractivity contribution in [3.8, 4) is 33.4 Å². The molecule has 0 radical (unpaired) electrons. The van der Waals surface area contributed by atoms with E-state index in [0.29, 0.717) is 0 Å². The minimum Gasteiger partial charge on any atom is -0.345 e. The molecule has 0 N–H and O–H groups in total. The van der Waals surface area contributed by atoms with E-state index in [2.05, 4.69) is 180 Å². The summed E-state index contributed by atoms with van der Waals surface area (Å²) in [7, 11) is 0. The third-order valence-electron chi connectivity index (χ3n) is 12.5. The zero-order chi connectivity index (χ0) is 37.0. The number of allylic oxidation sites excluding steroid dienone is 4. The largest absolute Gasteiger partial charge is 0.345 e. The Morgan fingerprint density at radius 2 is 1.02 bits per heavy atom. The van der Waals surface area contributed by atoms with Crippen LogP contribution in [0.2, 0.25) is 0 Å². The van der Waals surface area contributed by atoms with Crippen molar-refractivity contribution >= 4 is 49.4 Å². The van der Waals surface area contributed by atoms with Crippen molar-refractivity contribution in [3.05, 3.63) is 187 Å². The zero-order valence-electron chi connectivity index (χ0n) is 31.7. The summed E-state index contributed by atoms with van der Waals surface area (Å²) < 4.78 is 0. The Balaban J connectivity index is 1.24. The van der Waals surface area contributed by atoms with E-state index in [4.69, 9.17) is 0 Å². The first-order chi connectivity index (χ1) is 27.8. The van der Waals surface area contributed by atoms with Crippen LogP contribution in [0.1, 0.15) is 37.7 Å². The van der Waals surface area contributed by atoms with Gasteiger partial charge in [0.2, 0.25) is 0 Å². The molecule has 8 aromatic rings. The minimum atomic E-state index is 1.02. The van der Waals surface area contributed by atoms with E-state index in [0.717, 1.165) is 38.8 Å². The second-order valence-corrected chi connectivity index (χ2v) is 15.7. The lowest BCUT2D eigenvalue weighted by Crippen LogP contribution is -2.29. The highest BCUT2D eigenvalue weighted by molar-refractivity contribution is 6.25. The van der Waals surface area contributed by atoms with E-state index in [1.807, 2.05) is 0 Å². The fourth-order valence-corrected chi connectivity index (χ4v) is 10.0. The Morgan fingerprint density at radius 1 is 0.411 bits per heavy atom. The third kappa shape index (κ3) is 5.46. The number of para-hydroxylation sites is 1. The summed E-state index contributed by atoms with van der Waals surface area (Å²) >= 11 is 0. The van der Waals surface area contributed by atoms with Gasteiger partial charge < -0.3 is 9.80 Å². The standard InChI is InChI=1S/C54H44N2/c1-3-15-37(16-4-1)43-31-32-46(45-24-10-9-23-44(43)45)54-48-30-28-41(55-33-13-21-38-17-7-11-25-51(38)55)35-49(48)53(40-19-5-2-6-20-40)47-29-27-42(36-50(47)54)56-34-14-22-39-18-8-12-26-52(39)56/h1-11,15-20,23-25,27-32,35-36H,12-14,21-22,26,33-34H2. The van der Waals surface area contributed by atoms with Crippen LogP contribution in [0.15, 0.2) is 181 Å². The van der Waals surface area contributed by atoms with Gasteiger partial charge in [0.1, 0.15) is 0 Å². The quantitative estimate of drug-likeness (QED) is 0.163. The molecule has 0 aromatic heterocycles. The van der Waals surface area contributed by atoms with E-state index in [-0.39, 0.29) is 0 Å². The lowest BCUT2D eigenvalue weighted by atomic mass is 9.83. The third-order valence-corrected chi connectivity index (χ3v) is 12.5. The maximum absolute atomic E-state index is 2.63. The number of hydrogen-bond donors (Lipinski definition) is 0. The Kier molecular flexibility index (Phi) is 8.09. The fraction of sp³-hybridized carbons (Fsp3) is 0.148. The van der Waals surface area contributed by atoms with Crippen molar-refractivity contribution in [2.24, 2.45) is 0 Å². The lowest BCUT2D eigenvalue weighted by molar-refractivity contribution is 0.692. The molecule has 0 amide bonds. The summed E-state index contributed by atoms with van der Waals surface area (Å²) in [5.41, 5.74) is 16.0. The molecule has 2 aliphatic heterocycles. The number of benzene rings is 8. The molecule has 0 bridgehead atoms. The molecular formula is C54H44N2. The van der Waals surface area contributed by atoms with Gasteiger partial charge in [-0.3, -0.25) is 0 Å². The highest BCUT2D eigenvalue weighted by Crippen LogP contribution is 2.49. The van der Waals surface area contributed by atoms with Crippen molar-refractivity contribution in [3.63, 3.8) is 0 Å². The molecule has 11 rings (SSSR count). The highest BCUT2D eigenvalue weighted by atomic mass is 15.2. The lowest BCUT2D eigenvalue weighted by Gasteiger charge is -2.35. The van der Waals surface area contributed by atoms with Crippen molar-refractivity contribution in [1.82, 2.24) is 0 Å². The van der Waals surface area contributed by atoms with Crippen molar-refractivity contribution < 1.29 is 0 Å². The topological polar surface area (TPSA) is 6.48 Å². The molecular weight excluding hydrogens is 677 g/mol. The maximum Gasteiger partial charge on any atom is 0.0443 e. The SMILES string of the molecule is C1=CC2=C(CC1)N(c1ccc3c(-c4ccccc4)c4cc(N5CCCc6ccccc65)ccc4c(-c4ccc(-c5ccccc5)c5ccccc45)c3c1)CCC2. The normalized spacial score (nSPS) is 15.4. The van der Waals surface area contributed by atoms with Gasteiger partial charge >= 0.3 is 0 Å². The van der Waals surface area contributed by atoms with Crippen molar-refractivity contribution in [1.29, 1.82) is 0 Å². The average molecular weight is 721 g/mol. The number of anilines is 3. The van der Waals surface area contributed by atoms with E-state index in [1.165, 1.54) is 112 Å². The smallest absolute Gasteiger partial charge is 0.0443 e. The molecule has 2 nitrogen and oxygen atoms in total. The molecule has 1 aliphatic carbocycles. The van der Waals surface area contributed by atoms with Crippen molar-refractivity contribution in [2.75, 3.05) is 22.9 Å². The van der Waals surface area contributed by atoms with E-state index >= 15 is 0 Å². The molecule has 56 heavy (non-hydrogen) atoms. The van der Waals surface area contributed by atoms with Crippen LogP contribution in [-0.2, 0) is 6.42 Å². The van der Waals surface area contributed by atoms with Crippen LogP contribution in [0.5, 0.6) is 0 Å². The Hall–Kier alpha value is -6.38. The van der Waals surface area contributed by atoms with Gasteiger partial charge in [0.05, 0.1) is 0 Å². The molecule has 0 atom stereocenters. The monoisotopic (exact) mass is 720 g/mol. The van der Waals surface area contributed by atoms with Crippen LogP contribution in [0.4, 0.5) is 17.1 Å². The molecule has 270 valence electrons. The summed E-state index contributed by atoms with van der Waals surface area (Å²) in [4.78, 5) is 5.18. The summed E-state index contributed by atoms with van der Waals surface area (Å²) in [5, 5.41) is 7.75. The maximum atomic E-state index is 2.63. The second-order valence-electron chi connectivity index (χ2n) is 15.7. The first-order valence-electron chi connectivity index (χ1n) is 20.5. The number of aryl methyl sites for hydroxylation is 1. The molecule has 8 aromatic carbocycles. The van der Waals surface area contributed by atoms with Crippen LogP contribution < -0.4 is 9.80 Å². The summed E-state index contributed by atoms with van der Waals surface area (Å²) in [6.45, 7) is 2.07. The first kappa shape index (κ1) is 33.0. The molecule has 2 heteroatoms. The van der Waals surface area contributed by atoms with Crippen LogP contribution in [0.25, 0.3) is 65.7 Å². The Bertz CT molecular complexity index is 2860. The molecule has 0 saturated carbocycles. The average Bonchev–Trinajstić information content (AvgIpc) is 3.28. The van der Waals surface area contributed by atoms with Gasteiger partial charge in [-0.2, -0.15) is 0 Å². The van der Waals surface area contributed by atoms with Gasteiger partial charge in [0.25, 0.3) is 0 Å². The van der Waals surface area contributed by atoms with Gasteiger partial charge in [-0.15, -0.1) is 0 Å². The highest BCUT2D eigenvalue weighted by Gasteiger charge is 2.26. The summed E-state index contributed by atoms with van der Waals surface area (Å²) in [6, 6.07) is 59.4. The molecule has 0 spiro atoms. The minimum absolute atomic E-state index is 1.02. The van der Waals surface area contributed by atoms with Crippen LogP contribution >= 0.6 is 0 Å². The number of hydrogen-bond acceptors (Lipinski definition) is 2. The van der Waals surface area contributed by atoms with E-state index < -0.39 is 0 Å². The van der Waals surface area contributed by atoms with Gasteiger partial charge in [-0.05, 0) is 146 Å². The zero-order valence-corrected chi connectivity index (χ0v) is 31.7. The fourth-order valence-electron chi connectivity index (χ4n) is 10.0. The van der Waals surface area contributed by atoms with Gasteiger partial charge in [0.15, 0.2) is 0 Å². The number of fused-ring (bicyclic) bond motifs is 4. The second kappa shape index (κ2) is 13.7. The molecule has 0 fully saturated rings. The summed E-state index contributed by atoms with van der Waals surface area (Å²) in [6.07, 6.45) is 11.6. The predicted octanol–water partition coefficient (Wildman–Crippen LogP) is 14.4. The van der Waals surface area contributed by atoms with E-state index in [9.17, 15) is 0 Å². The Labute approximate surface area is 329 Å². The molecule has 3 aliphatic rings. The van der Waals surface area contributed by atoms with Crippen LogP contribution in [0.3, 0.4) is 0 Å². The van der Waals surface area contributed by atoms with Crippen LogP contribution in [-0.4, -0.2) is 13.1 Å². The number of nitrogens with zero attached hydrogens (tertiary/aromatic N) is 2. The molecule has 0 unspecified atom stereocenters. The van der Waals surface area contributed by atoms with Gasteiger partial charge in [0, 0.05) is 35.8 Å². The van der Waals surface area contributed by atoms with Crippen molar-refractivity contribution in [2.45, 2.75) is 38.5 Å². The van der Waals surface area contributed by atoms with Gasteiger partial charge in [-0.1, -0.05) is 140 Å². The van der Waals surface area contributed by atoms with E-state index in [1.54, 1.807) is 0 Å². The number of rotatable bonds is 5. The van der Waals surface area contributed by atoms with Crippen LogP contribution in [0, 0.1) is 0 Å². The molecule has 0 saturated heterocycles. The molecule has 2 heterocycles. The van der Waals surface area contributed by atoms with Gasteiger partial charge in [-0.25, -0.2) is 0 Å². The predicted molar refractivity (Wildman–Crippen MR) is 239 cm³/mol. The first-order valence-corrected chi connectivity index (χ1v) is 20.5.